The number of hydrogen-bond acceptors (Lipinski definition) is 5. The summed E-state index contributed by atoms with van der Waals surface area (Å²) in [4.78, 5) is 16.1. The molecule has 0 aromatic heterocycles. The summed E-state index contributed by atoms with van der Waals surface area (Å²) in [5.74, 6) is 0.974. The number of likely N-dealkylation sites (tertiary alicyclic amines) is 1. The number of hydrogen-bond donors (Lipinski definition) is 1. The van der Waals surface area contributed by atoms with Crippen molar-refractivity contribution < 1.29 is 14.3 Å². The van der Waals surface area contributed by atoms with Gasteiger partial charge in [0.15, 0.2) is 0 Å². The smallest absolute Gasteiger partial charge is 0.258 e. The Balaban J connectivity index is 2.17. The number of likely N-dealkylation sites (N-methyl/N-ethyl adjacent to an activating group) is 1. The number of methoxy groups -OCH3 is 2. The maximum Gasteiger partial charge on any atom is 0.258 e. The fraction of sp³-hybridized carbons (Fsp3) is 0.588. The molecule has 0 radical (unpaired) electrons. The minimum absolute atomic E-state index is 0.141. The van der Waals surface area contributed by atoms with E-state index in [2.05, 4.69) is 17.1 Å². The van der Waals surface area contributed by atoms with Crippen molar-refractivity contribution in [2.45, 2.75) is 30.7 Å². The SMILES string of the molecule is CCN1CCC[C@H]1CNC(=O)c1c(OC)ccc(SC)c1OC. The highest BCUT2D eigenvalue weighted by Crippen LogP contribution is 2.37. The Hall–Kier alpha value is -1.40. The molecule has 0 spiro atoms. The zero-order valence-corrected chi connectivity index (χ0v) is 15.2. The third kappa shape index (κ3) is 3.93. The largest absolute Gasteiger partial charge is 0.496 e. The average molecular weight is 338 g/mol. The van der Waals surface area contributed by atoms with Gasteiger partial charge in [-0.15, -0.1) is 11.8 Å². The Morgan fingerprint density at radius 2 is 2.17 bits per heavy atom. The topological polar surface area (TPSA) is 50.8 Å². The van der Waals surface area contributed by atoms with Crippen molar-refractivity contribution >= 4 is 17.7 Å². The Kier molecular flexibility index (Phi) is 6.59. The molecule has 6 heteroatoms. The van der Waals surface area contributed by atoms with Crippen LogP contribution >= 0.6 is 11.8 Å². The van der Waals surface area contributed by atoms with Crippen LogP contribution in [0.15, 0.2) is 17.0 Å². The van der Waals surface area contributed by atoms with Gasteiger partial charge in [0.2, 0.25) is 0 Å². The Morgan fingerprint density at radius 1 is 1.39 bits per heavy atom. The lowest BCUT2D eigenvalue weighted by molar-refractivity contribution is 0.0934. The molecule has 2 rings (SSSR count). The van der Waals surface area contributed by atoms with Crippen LogP contribution in [0.5, 0.6) is 11.5 Å². The molecule has 1 amide bonds. The standard InChI is InChI=1S/C17H26N2O3S/c1-5-19-10-6-7-12(19)11-18-17(20)15-13(21-2)8-9-14(23-4)16(15)22-3/h8-9,12H,5-7,10-11H2,1-4H3,(H,18,20)/t12-/m0/s1. The van der Waals surface area contributed by atoms with Gasteiger partial charge in [-0.1, -0.05) is 6.92 Å². The van der Waals surface area contributed by atoms with E-state index in [1.165, 1.54) is 6.42 Å². The second-order valence-electron chi connectivity index (χ2n) is 5.51. The summed E-state index contributed by atoms with van der Waals surface area (Å²) in [5, 5.41) is 3.06. The molecular formula is C17H26N2O3S. The van der Waals surface area contributed by atoms with Gasteiger partial charge in [0.1, 0.15) is 17.1 Å². The van der Waals surface area contributed by atoms with Crippen LogP contribution in [0.4, 0.5) is 0 Å². The van der Waals surface area contributed by atoms with E-state index >= 15 is 0 Å². The van der Waals surface area contributed by atoms with Gasteiger partial charge in [-0.05, 0) is 44.3 Å². The lowest BCUT2D eigenvalue weighted by Gasteiger charge is -2.23. The second-order valence-corrected chi connectivity index (χ2v) is 6.36. The third-order valence-corrected chi connectivity index (χ3v) is 5.12. The number of benzene rings is 1. The molecule has 1 fully saturated rings. The lowest BCUT2D eigenvalue weighted by Crippen LogP contribution is -2.40. The van der Waals surface area contributed by atoms with E-state index in [9.17, 15) is 4.79 Å². The number of thioether (sulfide) groups is 1. The van der Waals surface area contributed by atoms with Gasteiger partial charge in [0.05, 0.1) is 19.1 Å². The van der Waals surface area contributed by atoms with Crippen molar-refractivity contribution in [3.05, 3.63) is 17.7 Å². The summed E-state index contributed by atoms with van der Waals surface area (Å²) < 4.78 is 10.8. The quantitative estimate of drug-likeness (QED) is 0.775. The van der Waals surface area contributed by atoms with Crippen LogP contribution in [-0.2, 0) is 0 Å². The summed E-state index contributed by atoms with van der Waals surface area (Å²) in [5.41, 5.74) is 0.475. The van der Waals surface area contributed by atoms with Gasteiger partial charge in [-0.3, -0.25) is 9.69 Å². The summed E-state index contributed by atoms with van der Waals surface area (Å²) in [6.45, 7) is 4.96. The molecule has 0 aliphatic carbocycles. The first kappa shape index (κ1) is 17.9. The van der Waals surface area contributed by atoms with Crippen molar-refractivity contribution in [1.82, 2.24) is 10.2 Å². The molecule has 1 heterocycles. The van der Waals surface area contributed by atoms with Gasteiger partial charge in [0, 0.05) is 12.6 Å². The number of ether oxygens (including phenoxy) is 2. The highest BCUT2D eigenvalue weighted by Gasteiger charge is 2.26. The monoisotopic (exact) mass is 338 g/mol. The number of carbonyl (C=O) groups excluding carboxylic acids is 1. The molecule has 0 saturated carbocycles. The summed E-state index contributed by atoms with van der Waals surface area (Å²) in [6, 6.07) is 4.15. The molecule has 0 bridgehead atoms. The fourth-order valence-electron chi connectivity index (χ4n) is 3.14. The van der Waals surface area contributed by atoms with E-state index in [0.717, 1.165) is 24.4 Å². The van der Waals surface area contributed by atoms with E-state index in [1.54, 1.807) is 26.0 Å². The minimum atomic E-state index is -0.141. The second kappa shape index (κ2) is 8.45. The molecule has 1 aliphatic heterocycles. The Labute approximate surface area is 142 Å². The predicted octanol–water partition coefficient (Wildman–Crippen LogP) is 2.64. The molecule has 23 heavy (non-hydrogen) atoms. The number of nitrogens with one attached hydrogen (secondary N) is 1. The number of carbonyl (C=O) groups is 1. The summed E-state index contributed by atoms with van der Waals surface area (Å²) in [7, 11) is 3.15. The van der Waals surface area contributed by atoms with Gasteiger partial charge in [-0.25, -0.2) is 0 Å². The summed E-state index contributed by atoms with van der Waals surface area (Å²) in [6.07, 6.45) is 4.29. The number of rotatable bonds is 7. The van der Waals surface area contributed by atoms with Crippen molar-refractivity contribution in [1.29, 1.82) is 0 Å². The normalized spacial score (nSPS) is 18.0. The van der Waals surface area contributed by atoms with Crippen molar-refractivity contribution in [2.75, 3.05) is 40.1 Å². The van der Waals surface area contributed by atoms with Crippen LogP contribution in [0.1, 0.15) is 30.1 Å². The molecule has 1 atom stereocenters. The Bertz CT molecular complexity index is 551. The first-order valence-corrected chi connectivity index (χ1v) is 9.19. The van der Waals surface area contributed by atoms with Gasteiger partial charge >= 0.3 is 0 Å². The molecule has 5 nitrogen and oxygen atoms in total. The average Bonchev–Trinajstić information content (AvgIpc) is 3.05. The summed E-state index contributed by atoms with van der Waals surface area (Å²) >= 11 is 1.55. The number of nitrogens with zero attached hydrogens (tertiary/aromatic N) is 1. The molecule has 1 saturated heterocycles. The van der Waals surface area contributed by atoms with Crippen LogP contribution in [0.3, 0.4) is 0 Å². The highest BCUT2D eigenvalue weighted by molar-refractivity contribution is 7.98. The Morgan fingerprint density at radius 3 is 2.78 bits per heavy atom. The number of amides is 1. The molecular weight excluding hydrogens is 312 g/mol. The van der Waals surface area contributed by atoms with E-state index in [-0.39, 0.29) is 5.91 Å². The van der Waals surface area contributed by atoms with Gasteiger partial charge in [0.25, 0.3) is 5.91 Å². The molecule has 1 aromatic rings. The van der Waals surface area contributed by atoms with Crippen LogP contribution in [-0.4, -0.2) is 57.0 Å². The maximum atomic E-state index is 12.7. The molecule has 1 N–H and O–H groups in total. The van der Waals surface area contributed by atoms with Gasteiger partial charge in [-0.2, -0.15) is 0 Å². The van der Waals surface area contributed by atoms with Crippen LogP contribution in [0, 0.1) is 0 Å². The first-order valence-electron chi connectivity index (χ1n) is 7.97. The zero-order chi connectivity index (χ0) is 16.8. The maximum absolute atomic E-state index is 12.7. The van der Waals surface area contributed by atoms with Gasteiger partial charge < -0.3 is 14.8 Å². The van der Waals surface area contributed by atoms with E-state index in [1.807, 2.05) is 18.4 Å². The van der Waals surface area contributed by atoms with Crippen LogP contribution in [0.2, 0.25) is 0 Å². The van der Waals surface area contributed by atoms with Crippen molar-refractivity contribution in [2.24, 2.45) is 0 Å². The van der Waals surface area contributed by atoms with E-state index in [4.69, 9.17) is 9.47 Å². The van der Waals surface area contributed by atoms with Crippen molar-refractivity contribution in [3.8, 4) is 11.5 Å². The molecule has 1 aliphatic rings. The molecule has 0 unspecified atom stereocenters. The van der Waals surface area contributed by atoms with Crippen LogP contribution in [0.25, 0.3) is 0 Å². The first-order chi connectivity index (χ1) is 11.2. The van der Waals surface area contributed by atoms with Crippen LogP contribution < -0.4 is 14.8 Å². The minimum Gasteiger partial charge on any atom is -0.496 e. The molecule has 128 valence electrons. The lowest BCUT2D eigenvalue weighted by atomic mass is 10.1. The van der Waals surface area contributed by atoms with E-state index < -0.39 is 0 Å². The molecule has 1 aromatic carbocycles. The van der Waals surface area contributed by atoms with E-state index in [0.29, 0.717) is 29.6 Å². The fourth-order valence-corrected chi connectivity index (χ4v) is 3.71. The van der Waals surface area contributed by atoms with Crippen molar-refractivity contribution in [3.63, 3.8) is 0 Å². The third-order valence-electron chi connectivity index (χ3n) is 4.36. The zero-order valence-electron chi connectivity index (χ0n) is 14.3. The highest BCUT2D eigenvalue weighted by atomic mass is 32.2. The predicted molar refractivity (Wildman–Crippen MR) is 93.9 cm³/mol.